The summed E-state index contributed by atoms with van der Waals surface area (Å²) in [5.41, 5.74) is 0.446. The lowest BCUT2D eigenvalue weighted by Gasteiger charge is -2.19. The lowest BCUT2D eigenvalue weighted by atomic mass is 10.2. The molecule has 1 aromatic carbocycles. The van der Waals surface area contributed by atoms with Crippen molar-refractivity contribution in [1.29, 1.82) is 0 Å². The molecule has 0 atom stereocenters. The highest BCUT2D eigenvalue weighted by atomic mass is 35.5. The molecule has 3 rings (SSSR count). The Hall–Kier alpha value is -3.74. The van der Waals surface area contributed by atoms with Crippen LogP contribution in [0.1, 0.15) is 16.1 Å². The van der Waals surface area contributed by atoms with Crippen LogP contribution in [-0.4, -0.2) is 53.4 Å². The zero-order valence-electron chi connectivity index (χ0n) is 19.1. The van der Waals surface area contributed by atoms with Crippen LogP contribution >= 0.6 is 23.2 Å². The van der Waals surface area contributed by atoms with Crippen molar-refractivity contribution in [3.05, 3.63) is 69.8 Å². The number of rotatable bonds is 9. The fourth-order valence-electron chi connectivity index (χ4n) is 2.87. The number of carbonyl (C=O) groups excluding carboxylic acids is 3. The molecule has 0 saturated carbocycles. The maximum absolute atomic E-state index is 14.3. The van der Waals surface area contributed by atoms with E-state index in [1.807, 2.05) is 0 Å². The van der Waals surface area contributed by atoms with Crippen molar-refractivity contribution < 1.29 is 28.2 Å². The number of benzene rings is 1. The average Bonchev–Trinajstić information content (AvgIpc) is 3.23. The van der Waals surface area contributed by atoms with E-state index in [1.54, 1.807) is 19.2 Å². The molecule has 0 radical (unpaired) electrons. The first kappa shape index (κ1) is 26.9. The minimum atomic E-state index is -0.909. The molecular weight excluding hydrogens is 518 g/mol. The van der Waals surface area contributed by atoms with E-state index in [1.165, 1.54) is 31.4 Å². The van der Waals surface area contributed by atoms with Gasteiger partial charge in [-0.15, -0.1) is 0 Å². The minimum Gasteiger partial charge on any atom is -0.460 e. The fraction of sp³-hybridized carbons (Fsp3) is 0.227. The van der Waals surface area contributed by atoms with E-state index in [0.717, 1.165) is 11.0 Å². The Morgan fingerprint density at radius 2 is 1.94 bits per heavy atom. The number of carbonyl (C=O) groups is 3. The van der Waals surface area contributed by atoms with Crippen molar-refractivity contribution in [3.8, 4) is 0 Å². The summed E-state index contributed by atoms with van der Waals surface area (Å²) < 4.78 is 25.3. The van der Waals surface area contributed by atoms with Gasteiger partial charge in [0.15, 0.2) is 12.4 Å². The van der Waals surface area contributed by atoms with Gasteiger partial charge in [0, 0.05) is 29.9 Å². The van der Waals surface area contributed by atoms with Crippen molar-refractivity contribution >= 4 is 52.7 Å². The third kappa shape index (κ3) is 6.90. The Labute approximate surface area is 215 Å². The summed E-state index contributed by atoms with van der Waals surface area (Å²) in [5, 5.41) is 9.57. The first-order valence-electron chi connectivity index (χ1n) is 10.3. The number of pyridine rings is 1. The number of hydrogen-bond donors (Lipinski definition) is 2. The van der Waals surface area contributed by atoms with E-state index < -0.39 is 30.6 Å². The largest absolute Gasteiger partial charge is 0.460 e. The summed E-state index contributed by atoms with van der Waals surface area (Å²) in [6.07, 6.45) is 0.564. The van der Waals surface area contributed by atoms with E-state index in [4.69, 9.17) is 32.7 Å². The monoisotopic (exact) mass is 538 g/mol. The molecule has 0 bridgehead atoms. The zero-order chi connectivity index (χ0) is 26.2. The average molecular weight is 539 g/mol. The van der Waals surface area contributed by atoms with Gasteiger partial charge in [-0.25, -0.2) is 14.5 Å². The normalized spacial score (nSPS) is 10.6. The van der Waals surface area contributed by atoms with Gasteiger partial charge in [0.2, 0.25) is 5.95 Å². The molecule has 0 aliphatic heterocycles. The molecular formula is C22H21Cl2FN6O5. The molecule has 36 heavy (non-hydrogen) atoms. The number of halogens is 3. The number of likely N-dealkylation sites (N-methyl/N-ethyl adjacent to an activating group) is 1. The van der Waals surface area contributed by atoms with Crippen LogP contribution in [0.5, 0.6) is 0 Å². The van der Waals surface area contributed by atoms with E-state index >= 15 is 0 Å². The third-order valence-corrected chi connectivity index (χ3v) is 5.17. The summed E-state index contributed by atoms with van der Waals surface area (Å²) in [4.78, 5) is 41.8. The number of esters is 1. The van der Waals surface area contributed by atoms with Crippen LogP contribution in [0.2, 0.25) is 10.0 Å². The number of amides is 2. The molecule has 0 spiro atoms. The van der Waals surface area contributed by atoms with Crippen LogP contribution in [0.15, 0.2) is 42.6 Å². The SMILES string of the molecule is CNCC(=O)OCc1cccnc1N(C)C(=O)OCn1nc(C(=O)Nc2ccc(Cl)cc2Cl)cc1F. The number of aromatic nitrogens is 3. The van der Waals surface area contributed by atoms with Gasteiger partial charge in [0.1, 0.15) is 12.4 Å². The number of nitrogens with zero attached hydrogens (tertiary/aromatic N) is 4. The lowest BCUT2D eigenvalue weighted by molar-refractivity contribution is -0.143. The number of nitrogens with one attached hydrogen (secondary N) is 2. The molecule has 0 aliphatic rings. The second-order valence-electron chi connectivity index (χ2n) is 7.21. The standard InChI is InChI=1S/C22H21Cl2FN6O5/c1-26-10-19(32)35-11-13-4-3-7-27-20(13)30(2)22(34)36-12-31-18(25)9-17(29-31)21(33)28-16-6-5-14(23)8-15(16)24/h3-9,26H,10-12H2,1-2H3,(H,28,33). The maximum atomic E-state index is 14.3. The van der Waals surface area contributed by atoms with Crippen LogP contribution in [0.4, 0.5) is 20.7 Å². The summed E-state index contributed by atoms with van der Waals surface area (Å²) in [7, 11) is 2.99. The number of anilines is 2. The Balaban J connectivity index is 1.62. The van der Waals surface area contributed by atoms with Crippen LogP contribution in [-0.2, 0) is 27.6 Å². The summed E-state index contributed by atoms with van der Waals surface area (Å²) >= 11 is 11.9. The summed E-state index contributed by atoms with van der Waals surface area (Å²) in [5.74, 6) is -1.94. The van der Waals surface area contributed by atoms with Crippen molar-refractivity contribution in [2.75, 3.05) is 30.9 Å². The van der Waals surface area contributed by atoms with Gasteiger partial charge < -0.3 is 20.1 Å². The summed E-state index contributed by atoms with van der Waals surface area (Å²) in [6.45, 7) is -0.718. The fourth-order valence-corrected chi connectivity index (χ4v) is 3.33. The van der Waals surface area contributed by atoms with Crippen LogP contribution in [0, 0.1) is 5.95 Å². The topological polar surface area (TPSA) is 128 Å². The van der Waals surface area contributed by atoms with Gasteiger partial charge in [-0.2, -0.15) is 9.49 Å². The number of ether oxygens (including phenoxy) is 2. The van der Waals surface area contributed by atoms with Crippen molar-refractivity contribution in [2.24, 2.45) is 0 Å². The zero-order valence-corrected chi connectivity index (χ0v) is 20.6. The molecule has 2 amide bonds. The first-order valence-corrected chi connectivity index (χ1v) is 11.1. The third-order valence-electron chi connectivity index (χ3n) is 4.62. The van der Waals surface area contributed by atoms with Gasteiger partial charge in [-0.1, -0.05) is 29.3 Å². The van der Waals surface area contributed by atoms with Crippen LogP contribution in [0.25, 0.3) is 0 Å². The molecule has 0 unspecified atom stereocenters. The minimum absolute atomic E-state index is 0.0235. The Morgan fingerprint density at radius 1 is 1.17 bits per heavy atom. The van der Waals surface area contributed by atoms with Crippen LogP contribution < -0.4 is 15.5 Å². The molecule has 2 N–H and O–H groups in total. The van der Waals surface area contributed by atoms with Gasteiger partial charge in [-0.05, 0) is 31.3 Å². The quantitative estimate of drug-likeness (QED) is 0.396. The van der Waals surface area contributed by atoms with E-state index in [0.29, 0.717) is 15.3 Å². The highest BCUT2D eigenvalue weighted by molar-refractivity contribution is 6.36. The Bertz CT molecular complexity index is 1270. The second kappa shape index (κ2) is 12.3. The molecule has 0 aliphatic carbocycles. The van der Waals surface area contributed by atoms with Crippen molar-refractivity contribution in [1.82, 2.24) is 20.1 Å². The molecule has 2 aromatic heterocycles. The Kier molecular flexibility index (Phi) is 9.17. The molecule has 0 saturated heterocycles. The molecule has 0 fully saturated rings. The maximum Gasteiger partial charge on any atom is 0.417 e. The van der Waals surface area contributed by atoms with E-state index in [-0.39, 0.29) is 35.4 Å². The molecule has 190 valence electrons. The first-order chi connectivity index (χ1) is 17.2. The second-order valence-corrected chi connectivity index (χ2v) is 8.05. The van der Waals surface area contributed by atoms with Crippen molar-refractivity contribution in [3.63, 3.8) is 0 Å². The molecule has 11 nitrogen and oxygen atoms in total. The van der Waals surface area contributed by atoms with Gasteiger partial charge >= 0.3 is 12.1 Å². The highest BCUT2D eigenvalue weighted by Crippen LogP contribution is 2.26. The van der Waals surface area contributed by atoms with Gasteiger partial charge in [0.25, 0.3) is 5.91 Å². The van der Waals surface area contributed by atoms with E-state index in [2.05, 4.69) is 20.7 Å². The van der Waals surface area contributed by atoms with Crippen LogP contribution in [0.3, 0.4) is 0 Å². The molecule has 3 aromatic rings. The highest BCUT2D eigenvalue weighted by Gasteiger charge is 2.20. The predicted octanol–water partition coefficient (Wildman–Crippen LogP) is 3.47. The molecule has 14 heteroatoms. The predicted molar refractivity (Wildman–Crippen MR) is 129 cm³/mol. The van der Waals surface area contributed by atoms with E-state index in [9.17, 15) is 18.8 Å². The Morgan fingerprint density at radius 3 is 2.67 bits per heavy atom. The van der Waals surface area contributed by atoms with Gasteiger partial charge in [0.05, 0.1) is 17.3 Å². The molecule has 2 heterocycles. The smallest absolute Gasteiger partial charge is 0.417 e. The van der Waals surface area contributed by atoms with Crippen molar-refractivity contribution in [2.45, 2.75) is 13.3 Å². The number of hydrogen-bond acceptors (Lipinski definition) is 8. The lowest BCUT2D eigenvalue weighted by Crippen LogP contribution is -2.30. The summed E-state index contributed by atoms with van der Waals surface area (Å²) in [6, 6.07) is 8.58. The van der Waals surface area contributed by atoms with Gasteiger partial charge in [-0.3, -0.25) is 14.5 Å².